The molecule has 132 valence electrons. The summed E-state index contributed by atoms with van der Waals surface area (Å²) in [4.78, 5) is 15.5. The number of amides is 1. The first-order valence-corrected chi connectivity index (χ1v) is 8.74. The van der Waals surface area contributed by atoms with Crippen LogP contribution in [0.2, 0.25) is 5.02 Å². The van der Waals surface area contributed by atoms with Crippen LogP contribution in [0, 0.1) is 0 Å². The number of fused-ring (bicyclic) bond motifs is 1. The Hall–Kier alpha value is -2.67. The fourth-order valence-corrected chi connectivity index (χ4v) is 3.40. The third-order valence-corrected chi connectivity index (χ3v) is 4.84. The van der Waals surface area contributed by atoms with E-state index in [1.165, 1.54) is 0 Å². The van der Waals surface area contributed by atoms with Gasteiger partial charge in [0.05, 0.1) is 6.21 Å². The number of hydrazone groups is 1. The SMILES string of the molecule is O=C(N/N=C/c1c[nH]c2ccccc12)C1CC(c2ccccc2Cl)NN1. The molecule has 2 aromatic carbocycles. The fourth-order valence-electron chi connectivity index (χ4n) is 3.13. The van der Waals surface area contributed by atoms with Crippen LogP contribution in [0.1, 0.15) is 23.6 Å². The summed E-state index contributed by atoms with van der Waals surface area (Å²) < 4.78 is 0. The average molecular weight is 368 g/mol. The molecule has 2 unspecified atom stereocenters. The summed E-state index contributed by atoms with van der Waals surface area (Å²) >= 11 is 6.23. The highest BCUT2D eigenvalue weighted by Crippen LogP contribution is 2.28. The molecule has 2 atom stereocenters. The van der Waals surface area contributed by atoms with Crippen LogP contribution in [0.25, 0.3) is 10.9 Å². The van der Waals surface area contributed by atoms with Crippen LogP contribution in [0.3, 0.4) is 0 Å². The zero-order chi connectivity index (χ0) is 17.9. The van der Waals surface area contributed by atoms with E-state index in [1.54, 1.807) is 6.21 Å². The Morgan fingerprint density at radius 2 is 1.96 bits per heavy atom. The number of benzene rings is 2. The van der Waals surface area contributed by atoms with Crippen molar-refractivity contribution in [2.24, 2.45) is 5.10 Å². The van der Waals surface area contributed by atoms with E-state index in [1.807, 2.05) is 54.7 Å². The van der Waals surface area contributed by atoms with E-state index in [2.05, 4.69) is 26.4 Å². The second-order valence-corrected chi connectivity index (χ2v) is 6.58. The summed E-state index contributed by atoms with van der Waals surface area (Å²) in [5.41, 5.74) is 11.6. The van der Waals surface area contributed by atoms with Gasteiger partial charge in [0.15, 0.2) is 0 Å². The number of halogens is 1. The smallest absolute Gasteiger partial charge is 0.258 e. The Morgan fingerprint density at radius 1 is 1.15 bits per heavy atom. The molecule has 3 aromatic rings. The summed E-state index contributed by atoms with van der Waals surface area (Å²) in [7, 11) is 0. The predicted octanol–water partition coefficient (Wildman–Crippen LogP) is 2.88. The van der Waals surface area contributed by atoms with Crippen molar-refractivity contribution in [3.05, 3.63) is 70.9 Å². The third-order valence-electron chi connectivity index (χ3n) is 4.50. The first-order valence-electron chi connectivity index (χ1n) is 8.37. The van der Waals surface area contributed by atoms with Crippen LogP contribution < -0.4 is 16.3 Å². The van der Waals surface area contributed by atoms with Crippen molar-refractivity contribution in [2.75, 3.05) is 0 Å². The monoisotopic (exact) mass is 367 g/mol. The first kappa shape index (κ1) is 16.8. The summed E-state index contributed by atoms with van der Waals surface area (Å²) in [5.74, 6) is -0.192. The van der Waals surface area contributed by atoms with Crippen molar-refractivity contribution < 1.29 is 4.79 Å². The number of H-pyrrole nitrogens is 1. The maximum Gasteiger partial charge on any atom is 0.258 e. The molecule has 1 amide bonds. The number of hydrazine groups is 1. The molecule has 0 aliphatic carbocycles. The number of hydrogen-bond donors (Lipinski definition) is 4. The van der Waals surface area contributed by atoms with Gasteiger partial charge in [0, 0.05) is 33.7 Å². The minimum atomic E-state index is -0.378. The Balaban J connectivity index is 1.38. The first-order chi connectivity index (χ1) is 12.7. The number of rotatable bonds is 4. The number of para-hydroxylation sites is 1. The van der Waals surface area contributed by atoms with Gasteiger partial charge in [-0.25, -0.2) is 16.3 Å². The highest BCUT2D eigenvalue weighted by molar-refractivity contribution is 6.31. The molecule has 1 saturated heterocycles. The van der Waals surface area contributed by atoms with Crippen LogP contribution in [-0.2, 0) is 4.79 Å². The maximum absolute atomic E-state index is 12.3. The maximum atomic E-state index is 12.3. The Kier molecular flexibility index (Phi) is 4.71. The van der Waals surface area contributed by atoms with Crippen LogP contribution >= 0.6 is 11.6 Å². The lowest BCUT2D eigenvalue weighted by atomic mass is 10.0. The van der Waals surface area contributed by atoms with Gasteiger partial charge in [-0.2, -0.15) is 5.10 Å². The van der Waals surface area contributed by atoms with Crippen LogP contribution in [0.15, 0.2) is 59.8 Å². The molecule has 1 aliphatic rings. The normalized spacial score (nSPS) is 20.0. The van der Waals surface area contributed by atoms with E-state index in [-0.39, 0.29) is 18.0 Å². The predicted molar refractivity (Wildman–Crippen MR) is 103 cm³/mol. The minimum Gasteiger partial charge on any atom is -0.361 e. The summed E-state index contributed by atoms with van der Waals surface area (Å²) in [6.07, 6.45) is 4.10. The third kappa shape index (κ3) is 3.35. The van der Waals surface area contributed by atoms with Gasteiger partial charge in [-0.05, 0) is 24.1 Å². The molecule has 6 nitrogen and oxygen atoms in total. The molecule has 4 rings (SSSR count). The molecular formula is C19H18ClN5O. The zero-order valence-corrected chi connectivity index (χ0v) is 14.6. The quantitative estimate of drug-likeness (QED) is 0.423. The van der Waals surface area contributed by atoms with Gasteiger partial charge >= 0.3 is 0 Å². The summed E-state index contributed by atoms with van der Waals surface area (Å²) in [6.45, 7) is 0. The number of carbonyl (C=O) groups excluding carboxylic acids is 1. The van der Waals surface area contributed by atoms with Crippen molar-refractivity contribution >= 4 is 34.6 Å². The molecule has 4 N–H and O–H groups in total. The summed E-state index contributed by atoms with van der Waals surface area (Å²) in [6, 6.07) is 15.2. The standard InChI is InChI=1S/C19H18ClN5O/c20-15-7-3-1-6-14(15)17-9-18(24-23-17)19(26)25-22-11-12-10-21-16-8-4-2-5-13(12)16/h1-8,10-11,17-18,21,23-24H,9H2,(H,25,26)/b22-11+. The van der Waals surface area contributed by atoms with E-state index < -0.39 is 0 Å². The molecule has 0 radical (unpaired) electrons. The van der Waals surface area contributed by atoms with Crippen LogP contribution in [0.4, 0.5) is 0 Å². The Labute approximate surface area is 155 Å². The number of nitrogens with one attached hydrogen (secondary N) is 4. The highest BCUT2D eigenvalue weighted by Gasteiger charge is 2.30. The van der Waals surface area contributed by atoms with Gasteiger partial charge in [-0.1, -0.05) is 48.0 Å². The van der Waals surface area contributed by atoms with Gasteiger partial charge in [0.2, 0.25) is 0 Å². The lowest BCUT2D eigenvalue weighted by Gasteiger charge is -2.11. The average Bonchev–Trinajstić information content (AvgIpc) is 3.30. The molecular weight excluding hydrogens is 350 g/mol. The topological polar surface area (TPSA) is 81.3 Å². The van der Waals surface area contributed by atoms with Crippen molar-refractivity contribution in [3.8, 4) is 0 Å². The van der Waals surface area contributed by atoms with E-state index >= 15 is 0 Å². The van der Waals surface area contributed by atoms with E-state index in [9.17, 15) is 4.79 Å². The van der Waals surface area contributed by atoms with Crippen molar-refractivity contribution in [1.82, 2.24) is 21.3 Å². The zero-order valence-electron chi connectivity index (χ0n) is 13.9. The van der Waals surface area contributed by atoms with Gasteiger partial charge < -0.3 is 4.98 Å². The molecule has 1 aliphatic heterocycles. The van der Waals surface area contributed by atoms with Crippen molar-refractivity contribution in [1.29, 1.82) is 0 Å². The fraction of sp³-hybridized carbons (Fsp3) is 0.158. The van der Waals surface area contributed by atoms with E-state index in [4.69, 9.17) is 11.6 Å². The van der Waals surface area contributed by atoms with Crippen molar-refractivity contribution in [2.45, 2.75) is 18.5 Å². The molecule has 2 heterocycles. The van der Waals surface area contributed by atoms with Crippen molar-refractivity contribution in [3.63, 3.8) is 0 Å². The van der Waals surface area contributed by atoms with E-state index in [0.717, 1.165) is 22.0 Å². The second-order valence-electron chi connectivity index (χ2n) is 6.17. The molecule has 0 spiro atoms. The Morgan fingerprint density at radius 3 is 2.85 bits per heavy atom. The van der Waals surface area contributed by atoms with Crippen LogP contribution in [0.5, 0.6) is 0 Å². The summed E-state index contributed by atoms with van der Waals surface area (Å²) in [5, 5.41) is 5.83. The number of hydrogen-bond acceptors (Lipinski definition) is 4. The minimum absolute atomic E-state index is 0.0166. The van der Waals surface area contributed by atoms with E-state index in [0.29, 0.717) is 11.4 Å². The number of carbonyl (C=O) groups is 1. The van der Waals surface area contributed by atoms with Gasteiger partial charge in [-0.15, -0.1) is 0 Å². The Bertz CT molecular complexity index is 967. The number of aromatic amines is 1. The molecule has 7 heteroatoms. The molecule has 1 fully saturated rings. The second kappa shape index (κ2) is 7.29. The van der Waals surface area contributed by atoms with Gasteiger partial charge in [-0.3, -0.25) is 4.79 Å². The number of nitrogens with zero attached hydrogens (tertiary/aromatic N) is 1. The lowest BCUT2D eigenvalue weighted by molar-refractivity contribution is -0.122. The van der Waals surface area contributed by atoms with Gasteiger partial charge in [0.25, 0.3) is 5.91 Å². The molecule has 0 bridgehead atoms. The molecule has 26 heavy (non-hydrogen) atoms. The highest BCUT2D eigenvalue weighted by atomic mass is 35.5. The molecule has 1 aromatic heterocycles. The van der Waals surface area contributed by atoms with Crippen LogP contribution in [-0.4, -0.2) is 23.1 Å². The number of aromatic nitrogens is 1. The van der Waals surface area contributed by atoms with Gasteiger partial charge in [0.1, 0.15) is 6.04 Å². The molecule has 0 saturated carbocycles. The lowest BCUT2D eigenvalue weighted by Crippen LogP contribution is -2.41. The largest absolute Gasteiger partial charge is 0.361 e.